The maximum Gasteiger partial charge on any atom is 0.353 e. The van der Waals surface area contributed by atoms with E-state index in [2.05, 4.69) is 27.9 Å². The van der Waals surface area contributed by atoms with Crippen LogP contribution in [0.1, 0.15) is 26.7 Å². The van der Waals surface area contributed by atoms with Crippen molar-refractivity contribution in [3.8, 4) is 0 Å². The number of carbonyl (C=O) groups is 4. The Labute approximate surface area is 266 Å². The Kier molecular flexibility index (Phi) is 10.3. The lowest BCUT2D eigenvalue weighted by molar-refractivity contribution is -0.911. The van der Waals surface area contributed by atoms with Gasteiger partial charge in [0.15, 0.2) is 5.78 Å². The van der Waals surface area contributed by atoms with E-state index in [1.165, 1.54) is 27.7 Å². The highest BCUT2D eigenvalue weighted by molar-refractivity contribution is 8.03. The summed E-state index contributed by atoms with van der Waals surface area (Å²) in [5.74, 6) is -2.23. The molecule has 1 aromatic rings. The van der Waals surface area contributed by atoms with Gasteiger partial charge in [-0.05, 0) is 22.8 Å². The van der Waals surface area contributed by atoms with Crippen molar-refractivity contribution >= 4 is 35.3 Å². The number of ketones is 1. The summed E-state index contributed by atoms with van der Waals surface area (Å²) in [5.41, 5.74) is 5.81. The molecule has 0 bridgehead atoms. The van der Waals surface area contributed by atoms with Crippen molar-refractivity contribution in [1.29, 1.82) is 0 Å². The first-order valence-corrected chi connectivity index (χ1v) is 15.2. The largest absolute Gasteiger partial charge is 1.00 e. The van der Waals surface area contributed by atoms with E-state index >= 15 is 0 Å². The van der Waals surface area contributed by atoms with Crippen molar-refractivity contribution in [3.05, 3.63) is 16.9 Å². The van der Waals surface area contributed by atoms with Crippen molar-refractivity contribution in [2.75, 3.05) is 52.9 Å². The van der Waals surface area contributed by atoms with Crippen LogP contribution < -0.4 is 35.0 Å². The minimum absolute atomic E-state index is 0. The Morgan fingerprint density at radius 2 is 2.00 bits per heavy atom. The quantitative estimate of drug-likeness (QED) is 0.115. The average Bonchev–Trinajstić information content (AvgIpc) is 3.65. The molecule has 5 rings (SSSR count). The van der Waals surface area contributed by atoms with E-state index in [0.29, 0.717) is 37.5 Å². The topological polar surface area (TPSA) is 177 Å². The van der Waals surface area contributed by atoms with Crippen LogP contribution in [0.2, 0.25) is 0 Å². The van der Waals surface area contributed by atoms with Crippen LogP contribution in [0, 0.1) is 17.8 Å². The highest BCUT2D eigenvalue weighted by atomic mass is 127. The number of piperazine rings is 1. The second-order valence-corrected chi connectivity index (χ2v) is 13.4. The summed E-state index contributed by atoms with van der Waals surface area (Å²) in [6, 6.07) is -0.602. The molecule has 4 aliphatic rings. The number of likely N-dealkylation sites (N-methyl/N-ethyl adjacent to an activating group) is 1. The van der Waals surface area contributed by atoms with E-state index in [1.807, 2.05) is 18.7 Å². The first-order chi connectivity index (χ1) is 19.5. The predicted octanol–water partition coefficient (Wildman–Crippen LogP) is -4.24. The van der Waals surface area contributed by atoms with Crippen LogP contribution in [0.5, 0.6) is 0 Å². The number of nitrogens with one attached hydrogen (secondary N) is 1. The predicted molar refractivity (Wildman–Crippen MR) is 149 cm³/mol. The van der Waals surface area contributed by atoms with Gasteiger partial charge in [-0.2, -0.15) is 0 Å². The molecule has 14 nitrogen and oxygen atoms in total. The summed E-state index contributed by atoms with van der Waals surface area (Å²) in [5, 5.41) is 24.2. The molecule has 0 spiro atoms. The van der Waals surface area contributed by atoms with Crippen molar-refractivity contribution < 1.29 is 52.7 Å². The van der Waals surface area contributed by atoms with Gasteiger partial charge in [-0.3, -0.25) is 14.4 Å². The molecule has 42 heavy (non-hydrogen) atoms. The van der Waals surface area contributed by atoms with Gasteiger partial charge in [0.25, 0.3) is 0 Å². The minimum atomic E-state index is -1.12. The molecule has 2 amide bonds. The smallest absolute Gasteiger partial charge is 0.353 e. The summed E-state index contributed by atoms with van der Waals surface area (Å²) >= 11 is 1.48. The number of halogens is 1. The molecule has 0 aliphatic carbocycles. The molecular formula is C26H40IN9O5S. The molecule has 1 aromatic heterocycles. The average molecular weight is 718 g/mol. The first-order valence-electron chi connectivity index (χ1n) is 14.3. The van der Waals surface area contributed by atoms with E-state index in [1.54, 1.807) is 0 Å². The molecule has 4 aliphatic heterocycles. The number of tetrazole rings is 1. The van der Waals surface area contributed by atoms with Crippen LogP contribution in [-0.2, 0) is 25.7 Å². The molecular weight excluding hydrogens is 677 g/mol. The van der Waals surface area contributed by atoms with Gasteiger partial charge in [-0.1, -0.05) is 13.8 Å². The zero-order valence-electron chi connectivity index (χ0n) is 24.2. The normalized spacial score (nSPS) is 29.1. The van der Waals surface area contributed by atoms with Crippen LogP contribution in [-0.4, -0.2) is 133 Å². The zero-order valence-corrected chi connectivity index (χ0v) is 27.2. The van der Waals surface area contributed by atoms with Gasteiger partial charge in [-0.25, -0.2) is 9.48 Å². The van der Waals surface area contributed by atoms with Gasteiger partial charge in [0.2, 0.25) is 11.8 Å². The number of quaternary nitrogens is 1. The van der Waals surface area contributed by atoms with Gasteiger partial charge in [0, 0.05) is 35.6 Å². The number of nitrogens with two attached hydrogens (primary N) is 1. The molecule has 4 N–H and O–H groups in total. The Morgan fingerprint density at radius 3 is 2.62 bits per heavy atom. The number of hydrogen-bond donors (Lipinski definition) is 3. The van der Waals surface area contributed by atoms with Crippen LogP contribution in [0.3, 0.4) is 0 Å². The highest BCUT2D eigenvalue weighted by Crippen LogP contribution is 2.53. The van der Waals surface area contributed by atoms with E-state index in [4.69, 9.17) is 5.73 Å². The SMILES string of the molecule is C[C@@H](CC(=O)Cn1cnnn1)[C@H]1C(=O)N2C(C(=O)O)=C(S[C@@H]3CN[C@H](C(=O)N4CC[N+](C)(CCN)CC4)C3)[C@H](C)[C@H]12.[I-]. The molecule has 5 heterocycles. The number of carboxylic acid groups (broad SMARTS) is 1. The maximum atomic E-state index is 13.3. The van der Waals surface area contributed by atoms with Gasteiger partial charge < -0.3 is 54.4 Å². The number of nitrogens with zero attached hydrogens (tertiary/aromatic N) is 7. The fourth-order valence-electron chi connectivity index (χ4n) is 6.84. The third-order valence-electron chi connectivity index (χ3n) is 9.17. The number of rotatable bonds is 11. The van der Waals surface area contributed by atoms with Crippen molar-refractivity contribution in [1.82, 2.24) is 35.3 Å². The van der Waals surface area contributed by atoms with E-state index in [9.17, 15) is 24.3 Å². The molecule has 0 radical (unpaired) electrons. The fourth-order valence-corrected chi connectivity index (χ4v) is 8.31. The summed E-state index contributed by atoms with van der Waals surface area (Å²) in [7, 11) is 2.18. The lowest BCUT2D eigenvalue weighted by Gasteiger charge is -2.47. The maximum absolute atomic E-state index is 13.3. The first kappa shape index (κ1) is 32.8. The number of carboxylic acids is 1. The summed E-state index contributed by atoms with van der Waals surface area (Å²) < 4.78 is 2.22. The van der Waals surface area contributed by atoms with Crippen molar-refractivity contribution in [2.45, 2.75) is 50.6 Å². The molecule has 3 fully saturated rings. The molecule has 0 saturated carbocycles. The molecule has 0 unspecified atom stereocenters. The monoisotopic (exact) mass is 717 g/mol. The highest BCUT2D eigenvalue weighted by Gasteiger charge is 2.60. The molecule has 3 saturated heterocycles. The molecule has 232 valence electrons. The van der Waals surface area contributed by atoms with Crippen LogP contribution in [0.15, 0.2) is 16.9 Å². The number of β-lactam (4-membered cyclic amide) rings is 1. The van der Waals surface area contributed by atoms with E-state index in [0.717, 1.165) is 24.1 Å². The van der Waals surface area contributed by atoms with Gasteiger partial charge >= 0.3 is 5.97 Å². The second-order valence-electron chi connectivity index (χ2n) is 12.1. The Bertz CT molecular complexity index is 1220. The lowest BCUT2D eigenvalue weighted by Crippen LogP contribution is -3.00. The van der Waals surface area contributed by atoms with Crippen LogP contribution >= 0.6 is 11.8 Å². The Morgan fingerprint density at radius 1 is 1.29 bits per heavy atom. The second kappa shape index (κ2) is 13.2. The van der Waals surface area contributed by atoms with E-state index in [-0.39, 0.29) is 89.4 Å². The van der Waals surface area contributed by atoms with Crippen molar-refractivity contribution in [2.24, 2.45) is 23.5 Å². The van der Waals surface area contributed by atoms with Gasteiger partial charge in [0.05, 0.1) is 57.8 Å². The molecule has 0 aromatic carbocycles. The Hall–Kier alpha value is -2.15. The number of hydrogen-bond acceptors (Lipinski definition) is 10. The zero-order chi connectivity index (χ0) is 29.5. The number of aliphatic carboxylic acids is 1. The Balaban J connectivity index is 0.00000405. The fraction of sp³-hybridized carbons (Fsp3) is 0.731. The van der Waals surface area contributed by atoms with Gasteiger partial charge in [0.1, 0.15) is 18.6 Å². The van der Waals surface area contributed by atoms with E-state index < -0.39 is 11.9 Å². The number of Topliss-reactive ketones (excluding diaryl/α,β-unsaturated/α-hetero) is 1. The van der Waals surface area contributed by atoms with Gasteiger partial charge in [-0.15, -0.1) is 16.9 Å². The van der Waals surface area contributed by atoms with Crippen LogP contribution in [0.25, 0.3) is 0 Å². The number of carbonyl (C=O) groups excluding carboxylic acids is 3. The summed E-state index contributed by atoms with van der Waals surface area (Å²) in [6.45, 7) is 9.14. The number of thioether (sulfide) groups is 1. The molecule has 16 heteroatoms. The third kappa shape index (κ3) is 6.37. The number of fused-ring (bicyclic) bond motifs is 1. The standard InChI is InChI=1S/C26H39N9O5S.HI/c1-15(10-17(36)13-33-14-29-30-31-33)20-21-16(2)23(22(26(39)40)34(21)25(20)38)41-18-11-19(28-12-18)24(37)32-5-8-35(3,7-4-27)9-6-32;/h14-16,18-21,28H,4-13,27H2,1-3H3;1H/t15-,16+,18-,19-,20+,21+;/m0./s1. The third-order valence-corrected chi connectivity index (χ3v) is 10.7. The van der Waals surface area contributed by atoms with Crippen LogP contribution in [0.4, 0.5) is 0 Å². The number of aromatic nitrogens is 4. The van der Waals surface area contributed by atoms with Crippen molar-refractivity contribution in [3.63, 3.8) is 0 Å². The lowest BCUT2D eigenvalue weighted by atomic mass is 9.73. The summed E-state index contributed by atoms with van der Waals surface area (Å²) in [6.07, 6.45) is 2.14. The number of amides is 2. The summed E-state index contributed by atoms with van der Waals surface area (Å²) in [4.78, 5) is 55.5. The molecule has 6 atom stereocenters. The minimum Gasteiger partial charge on any atom is -1.00 e.